The molecule has 1 N–H and O–H groups in total. The Hall–Kier alpha value is -1.30. The molecule has 2 atom stereocenters. The van der Waals surface area contributed by atoms with Crippen LogP contribution in [0.5, 0.6) is 0 Å². The first-order valence-corrected chi connectivity index (χ1v) is 10.4. The van der Waals surface area contributed by atoms with Crippen molar-refractivity contribution in [2.45, 2.75) is 57.7 Å². The SMILES string of the molecule is CC(C)C1CCCC(NC(=O)c2ccc(CS(C)(=O)=O)o2)CC1. The lowest BCUT2D eigenvalue weighted by Crippen LogP contribution is -2.34. The van der Waals surface area contributed by atoms with Gasteiger partial charge in [0, 0.05) is 12.3 Å². The molecule has 6 heteroatoms. The topological polar surface area (TPSA) is 76.4 Å². The Balaban J connectivity index is 1.92. The quantitative estimate of drug-likeness (QED) is 0.835. The van der Waals surface area contributed by atoms with Crippen LogP contribution in [0, 0.1) is 11.8 Å². The van der Waals surface area contributed by atoms with Gasteiger partial charge >= 0.3 is 0 Å². The van der Waals surface area contributed by atoms with E-state index in [2.05, 4.69) is 19.2 Å². The fourth-order valence-electron chi connectivity index (χ4n) is 3.23. The largest absolute Gasteiger partial charge is 0.455 e. The molecule has 2 unspecified atom stereocenters. The van der Waals surface area contributed by atoms with Gasteiger partial charge in [-0.25, -0.2) is 8.42 Å². The minimum atomic E-state index is -3.16. The highest BCUT2D eigenvalue weighted by Gasteiger charge is 2.23. The summed E-state index contributed by atoms with van der Waals surface area (Å²) in [5, 5.41) is 3.03. The van der Waals surface area contributed by atoms with Crippen LogP contribution >= 0.6 is 0 Å². The Morgan fingerprint density at radius 3 is 2.65 bits per heavy atom. The van der Waals surface area contributed by atoms with E-state index in [0.717, 1.165) is 37.9 Å². The summed E-state index contributed by atoms with van der Waals surface area (Å²) in [6.07, 6.45) is 6.62. The minimum Gasteiger partial charge on any atom is -0.455 e. The molecule has 0 aliphatic heterocycles. The molecule has 1 heterocycles. The van der Waals surface area contributed by atoms with E-state index in [1.165, 1.54) is 6.42 Å². The van der Waals surface area contributed by atoms with E-state index in [1.54, 1.807) is 12.1 Å². The van der Waals surface area contributed by atoms with Crippen molar-refractivity contribution < 1.29 is 17.6 Å². The third-order valence-electron chi connectivity index (χ3n) is 4.58. The van der Waals surface area contributed by atoms with E-state index in [4.69, 9.17) is 4.42 Å². The third kappa shape index (κ3) is 5.68. The monoisotopic (exact) mass is 341 g/mol. The molecule has 0 saturated heterocycles. The van der Waals surface area contributed by atoms with Gasteiger partial charge in [0.25, 0.3) is 5.91 Å². The second-order valence-electron chi connectivity index (χ2n) is 7.02. The molecule has 1 amide bonds. The summed E-state index contributed by atoms with van der Waals surface area (Å²) < 4.78 is 27.9. The predicted molar refractivity (Wildman–Crippen MR) is 89.9 cm³/mol. The Morgan fingerprint density at radius 2 is 2.00 bits per heavy atom. The highest BCUT2D eigenvalue weighted by Crippen LogP contribution is 2.29. The number of furan rings is 1. The van der Waals surface area contributed by atoms with E-state index >= 15 is 0 Å². The summed E-state index contributed by atoms with van der Waals surface area (Å²) in [6.45, 7) is 4.52. The Bertz CT molecular complexity index is 633. The lowest BCUT2D eigenvalue weighted by Gasteiger charge is -2.18. The van der Waals surface area contributed by atoms with Crippen LogP contribution in [0.3, 0.4) is 0 Å². The van der Waals surface area contributed by atoms with Crippen molar-refractivity contribution in [3.05, 3.63) is 23.7 Å². The fraction of sp³-hybridized carbons (Fsp3) is 0.706. The summed E-state index contributed by atoms with van der Waals surface area (Å²) in [4.78, 5) is 12.3. The number of nitrogens with one attached hydrogen (secondary N) is 1. The molecule has 0 radical (unpaired) electrons. The molecule has 0 bridgehead atoms. The molecule has 1 aromatic heterocycles. The fourth-order valence-corrected chi connectivity index (χ4v) is 3.91. The molecule has 23 heavy (non-hydrogen) atoms. The van der Waals surface area contributed by atoms with E-state index in [1.807, 2.05) is 0 Å². The number of carbonyl (C=O) groups excluding carboxylic acids is 1. The third-order valence-corrected chi connectivity index (χ3v) is 5.39. The normalized spacial score (nSPS) is 22.8. The highest BCUT2D eigenvalue weighted by molar-refractivity contribution is 7.89. The second-order valence-corrected chi connectivity index (χ2v) is 9.16. The van der Waals surface area contributed by atoms with Gasteiger partial charge in [0.15, 0.2) is 15.6 Å². The molecule has 0 aromatic carbocycles. The van der Waals surface area contributed by atoms with Crippen molar-refractivity contribution in [3.63, 3.8) is 0 Å². The van der Waals surface area contributed by atoms with Crippen LogP contribution in [0.1, 0.15) is 62.3 Å². The first kappa shape index (κ1) is 18.0. The first-order valence-electron chi connectivity index (χ1n) is 8.32. The van der Waals surface area contributed by atoms with Gasteiger partial charge < -0.3 is 9.73 Å². The summed E-state index contributed by atoms with van der Waals surface area (Å²) in [6, 6.07) is 3.27. The smallest absolute Gasteiger partial charge is 0.287 e. The molecule has 130 valence electrons. The van der Waals surface area contributed by atoms with E-state index in [9.17, 15) is 13.2 Å². The van der Waals surface area contributed by atoms with Crippen LogP contribution in [-0.4, -0.2) is 26.6 Å². The Kier molecular flexibility index (Phi) is 5.89. The van der Waals surface area contributed by atoms with Crippen molar-refractivity contribution in [2.24, 2.45) is 11.8 Å². The van der Waals surface area contributed by atoms with Crippen LogP contribution in [0.2, 0.25) is 0 Å². The molecule has 1 fully saturated rings. The minimum absolute atomic E-state index is 0.176. The molecule has 2 rings (SSSR count). The van der Waals surface area contributed by atoms with E-state index in [0.29, 0.717) is 11.7 Å². The zero-order chi connectivity index (χ0) is 17.0. The molecule has 0 spiro atoms. The summed E-state index contributed by atoms with van der Waals surface area (Å²) in [7, 11) is -3.16. The zero-order valence-corrected chi connectivity index (χ0v) is 15.0. The first-order chi connectivity index (χ1) is 10.7. The van der Waals surface area contributed by atoms with Gasteiger partial charge in [0.05, 0.1) is 0 Å². The summed E-state index contributed by atoms with van der Waals surface area (Å²) in [5.41, 5.74) is 0. The Morgan fingerprint density at radius 1 is 1.26 bits per heavy atom. The van der Waals surface area contributed by atoms with Gasteiger partial charge in [0.1, 0.15) is 11.5 Å². The molecular weight excluding hydrogens is 314 g/mol. The maximum atomic E-state index is 12.3. The maximum absolute atomic E-state index is 12.3. The number of hydrogen-bond donors (Lipinski definition) is 1. The van der Waals surface area contributed by atoms with Crippen molar-refractivity contribution in [1.29, 1.82) is 0 Å². The van der Waals surface area contributed by atoms with E-state index in [-0.39, 0.29) is 23.5 Å². The zero-order valence-electron chi connectivity index (χ0n) is 14.2. The van der Waals surface area contributed by atoms with Crippen LogP contribution in [0.4, 0.5) is 0 Å². The lowest BCUT2D eigenvalue weighted by atomic mass is 9.89. The second kappa shape index (κ2) is 7.51. The van der Waals surface area contributed by atoms with Crippen LogP contribution in [0.25, 0.3) is 0 Å². The highest BCUT2D eigenvalue weighted by atomic mass is 32.2. The Labute approximate surface area is 138 Å². The van der Waals surface area contributed by atoms with Gasteiger partial charge in [-0.2, -0.15) is 0 Å². The van der Waals surface area contributed by atoms with E-state index < -0.39 is 9.84 Å². The van der Waals surface area contributed by atoms with Crippen molar-refractivity contribution in [3.8, 4) is 0 Å². The lowest BCUT2D eigenvalue weighted by molar-refractivity contribution is 0.0903. The van der Waals surface area contributed by atoms with Gasteiger partial charge in [-0.05, 0) is 43.2 Å². The van der Waals surface area contributed by atoms with Gasteiger partial charge in [-0.1, -0.05) is 26.7 Å². The van der Waals surface area contributed by atoms with Gasteiger partial charge in [-0.15, -0.1) is 0 Å². The molecule has 1 aliphatic carbocycles. The number of carbonyl (C=O) groups is 1. The van der Waals surface area contributed by atoms with Gasteiger partial charge in [0.2, 0.25) is 0 Å². The standard InChI is InChI=1S/C17H27NO4S/c1-12(2)13-5-4-6-14(8-7-13)18-17(19)16-10-9-15(22-16)11-23(3,20)21/h9-10,12-14H,4-8,11H2,1-3H3,(H,18,19). The molecule has 1 saturated carbocycles. The molecule has 5 nitrogen and oxygen atoms in total. The average molecular weight is 341 g/mol. The van der Waals surface area contributed by atoms with Crippen molar-refractivity contribution in [1.82, 2.24) is 5.32 Å². The average Bonchev–Trinajstić information content (AvgIpc) is 2.75. The summed E-state index contributed by atoms with van der Waals surface area (Å²) >= 11 is 0. The van der Waals surface area contributed by atoms with Crippen molar-refractivity contribution >= 4 is 15.7 Å². The van der Waals surface area contributed by atoms with Gasteiger partial charge in [-0.3, -0.25) is 4.79 Å². The maximum Gasteiger partial charge on any atom is 0.287 e. The number of rotatable bonds is 5. The number of sulfone groups is 1. The van der Waals surface area contributed by atoms with Crippen LogP contribution in [-0.2, 0) is 15.6 Å². The molecular formula is C17H27NO4S. The summed E-state index contributed by atoms with van der Waals surface area (Å²) in [5.74, 6) is 1.49. The predicted octanol–water partition coefficient (Wildman–Crippen LogP) is 3.16. The van der Waals surface area contributed by atoms with Crippen molar-refractivity contribution in [2.75, 3.05) is 6.26 Å². The molecule has 1 aromatic rings. The molecule has 1 aliphatic rings. The number of amides is 1. The number of hydrogen-bond acceptors (Lipinski definition) is 4. The van der Waals surface area contributed by atoms with Crippen LogP contribution in [0.15, 0.2) is 16.5 Å². The van der Waals surface area contributed by atoms with Crippen LogP contribution < -0.4 is 5.32 Å².